The van der Waals surface area contributed by atoms with Crippen LogP contribution in [0, 0.1) is 0 Å². The highest BCUT2D eigenvalue weighted by Gasteiger charge is 2.19. The maximum Gasteiger partial charge on any atom is 0.387 e. The molecule has 0 amide bonds. The molecular formula is C16H17ClF2N2O2S. The molecule has 0 spiro atoms. The summed E-state index contributed by atoms with van der Waals surface area (Å²) in [6.45, 7) is 2.76. The van der Waals surface area contributed by atoms with Gasteiger partial charge in [-0.1, -0.05) is 23.7 Å². The molecule has 0 aliphatic carbocycles. The summed E-state index contributed by atoms with van der Waals surface area (Å²) >= 11 is 7.51. The topological polar surface area (TPSA) is 44.1 Å². The molecule has 0 saturated heterocycles. The van der Waals surface area contributed by atoms with E-state index >= 15 is 0 Å². The Bertz CT molecular complexity index is 758. The second kappa shape index (κ2) is 7.53. The SMILES string of the molecule is CC(C)(C)n1ncc(SCc2ccc(OC(F)F)cc2)c(Cl)c1=O. The lowest BCUT2D eigenvalue weighted by atomic mass is 10.1. The monoisotopic (exact) mass is 374 g/mol. The van der Waals surface area contributed by atoms with Crippen LogP contribution < -0.4 is 10.3 Å². The van der Waals surface area contributed by atoms with E-state index in [1.54, 1.807) is 18.3 Å². The summed E-state index contributed by atoms with van der Waals surface area (Å²) in [4.78, 5) is 12.8. The first kappa shape index (κ1) is 18.7. The van der Waals surface area contributed by atoms with E-state index in [1.165, 1.54) is 28.6 Å². The number of ether oxygens (including phenoxy) is 1. The van der Waals surface area contributed by atoms with Crippen LogP contribution in [0.15, 0.2) is 40.2 Å². The summed E-state index contributed by atoms with van der Waals surface area (Å²) in [5.41, 5.74) is 0.0947. The summed E-state index contributed by atoms with van der Waals surface area (Å²) in [5, 5.41) is 4.29. The van der Waals surface area contributed by atoms with Gasteiger partial charge in [0.05, 0.1) is 16.6 Å². The lowest BCUT2D eigenvalue weighted by molar-refractivity contribution is -0.0498. The zero-order chi connectivity index (χ0) is 17.9. The van der Waals surface area contributed by atoms with E-state index < -0.39 is 12.2 Å². The van der Waals surface area contributed by atoms with Gasteiger partial charge in [-0.3, -0.25) is 4.79 Å². The molecule has 1 aromatic carbocycles. The molecule has 0 bridgehead atoms. The minimum atomic E-state index is -2.84. The fourth-order valence-corrected chi connectivity index (χ4v) is 3.07. The Morgan fingerprint density at radius 3 is 2.46 bits per heavy atom. The van der Waals surface area contributed by atoms with Crippen molar-refractivity contribution in [2.45, 2.75) is 43.6 Å². The third-order valence-electron chi connectivity index (χ3n) is 3.07. The molecule has 0 atom stereocenters. The summed E-state index contributed by atoms with van der Waals surface area (Å²) in [6, 6.07) is 6.31. The van der Waals surface area contributed by atoms with Crippen LogP contribution >= 0.6 is 23.4 Å². The van der Waals surface area contributed by atoms with E-state index in [-0.39, 0.29) is 16.3 Å². The van der Waals surface area contributed by atoms with Crippen molar-refractivity contribution in [1.29, 1.82) is 0 Å². The van der Waals surface area contributed by atoms with Gasteiger partial charge in [0.1, 0.15) is 10.8 Å². The number of hydrogen-bond acceptors (Lipinski definition) is 4. The van der Waals surface area contributed by atoms with E-state index in [4.69, 9.17) is 11.6 Å². The van der Waals surface area contributed by atoms with Crippen LogP contribution in [0.4, 0.5) is 8.78 Å². The maximum absolute atomic E-state index is 12.3. The van der Waals surface area contributed by atoms with Gasteiger partial charge in [-0.05, 0) is 38.5 Å². The summed E-state index contributed by atoms with van der Waals surface area (Å²) in [5.74, 6) is 0.626. The number of aromatic nitrogens is 2. The van der Waals surface area contributed by atoms with Crippen molar-refractivity contribution in [3.63, 3.8) is 0 Å². The number of rotatable bonds is 5. The van der Waals surface area contributed by atoms with Crippen LogP contribution in [0.2, 0.25) is 5.02 Å². The molecule has 4 nitrogen and oxygen atoms in total. The number of thioether (sulfide) groups is 1. The first-order valence-electron chi connectivity index (χ1n) is 7.13. The molecule has 1 aromatic heterocycles. The highest BCUT2D eigenvalue weighted by atomic mass is 35.5. The normalized spacial score (nSPS) is 11.8. The second-order valence-electron chi connectivity index (χ2n) is 6.02. The van der Waals surface area contributed by atoms with Crippen LogP contribution in [-0.4, -0.2) is 16.4 Å². The van der Waals surface area contributed by atoms with Crippen LogP contribution in [0.25, 0.3) is 0 Å². The molecule has 0 N–H and O–H groups in total. The molecule has 0 fully saturated rings. The average molecular weight is 375 g/mol. The Morgan fingerprint density at radius 1 is 1.29 bits per heavy atom. The molecule has 2 aromatic rings. The van der Waals surface area contributed by atoms with Crippen LogP contribution in [0.1, 0.15) is 26.3 Å². The van der Waals surface area contributed by atoms with E-state index in [1.807, 2.05) is 20.8 Å². The predicted molar refractivity (Wildman–Crippen MR) is 91.1 cm³/mol. The number of alkyl halides is 2. The van der Waals surface area contributed by atoms with Crippen molar-refractivity contribution in [3.05, 3.63) is 51.4 Å². The fraction of sp³-hybridized carbons (Fsp3) is 0.375. The van der Waals surface area contributed by atoms with Crippen LogP contribution in [-0.2, 0) is 11.3 Å². The Hall–Kier alpha value is -1.60. The number of hydrogen-bond donors (Lipinski definition) is 0. The van der Waals surface area contributed by atoms with Crippen molar-refractivity contribution in [1.82, 2.24) is 9.78 Å². The zero-order valence-corrected chi connectivity index (χ0v) is 15.0. The van der Waals surface area contributed by atoms with Gasteiger partial charge < -0.3 is 4.74 Å². The van der Waals surface area contributed by atoms with E-state index in [0.29, 0.717) is 10.6 Å². The molecule has 0 unspecified atom stereocenters. The van der Waals surface area contributed by atoms with Gasteiger partial charge in [0.15, 0.2) is 0 Å². The Morgan fingerprint density at radius 2 is 1.92 bits per heavy atom. The first-order valence-corrected chi connectivity index (χ1v) is 8.49. The van der Waals surface area contributed by atoms with Crippen molar-refractivity contribution < 1.29 is 13.5 Å². The highest BCUT2D eigenvalue weighted by molar-refractivity contribution is 7.98. The Balaban J connectivity index is 2.10. The van der Waals surface area contributed by atoms with Gasteiger partial charge in [0.2, 0.25) is 0 Å². The third kappa shape index (κ3) is 4.70. The molecule has 0 saturated carbocycles. The average Bonchev–Trinajstić information content (AvgIpc) is 2.48. The van der Waals surface area contributed by atoms with E-state index in [9.17, 15) is 13.6 Å². The van der Waals surface area contributed by atoms with Gasteiger partial charge >= 0.3 is 6.61 Å². The molecule has 2 rings (SSSR count). The Labute approximate surface area is 147 Å². The quantitative estimate of drug-likeness (QED) is 0.720. The Kier molecular flexibility index (Phi) is 5.87. The summed E-state index contributed by atoms with van der Waals surface area (Å²) in [7, 11) is 0. The number of nitrogens with zero attached hydrogens (tertiary/aromatic N) is 2. The molecule has 8 heteroatoms. The maximum atomic E-state index is 12.3. The number of benzene rings is 1. The predicted octanol–water partition coefficient (Wildman–Crippen LogP) is 4.55. The molecule has 1 heterocycles. The molecule has 0 aliphatic heterocycles. The summed E-state index contributed by atoms with van der Waals surface area (Å²) < 4.78 is 29.9. The van der Waals surface area contributed by atoms with Gasteiger partial charge in [0.25, 0.3) is 5.56 Å². The molecule has 0 radical (unpaired) electrons. The van der Waals surface area contributed by atoms with Gasteiger partial charge in [-0.15, -0.1) is 11.8 Å². The smallest absolute Gasteiger partial charge is 0.387 e. The van der Waals surface area contributed by atoms with Crippen molar-refractivity contribution in [2.24, 2.45) is 0 Å². The summed E-state index contributed by atoms with van der Waals surface area (Å²) in [6.07, 6.45) is 1.56. The highest BCUT2D eigenvalue weighted by Crippen LogP contribution is 2.28. The van der Waals surface area contributed by atoms with E-state index in [0.717, 1.165) is 5.56 Å². The van der Waals surface area contributed by atoms with Crippen molar-refractivity contribution in [2.75, 3.05) is 0 Å². The lowest BCUT2D eigenvalue weighted by Gasteiger charge is -2.21. The largest absolute Gasteiger partial charge is 0.435 e. The van der Waals surface area contributed by atoms with Gasteiger partial charge in [-0.25, -0.2) is 4.68 Å². The van der Waals surface area contributed by atoms with Gasteiger partial charge in [-0.2, -0.15) is 13.9 Å². The first-order chi connectivity index (χ1) is 11.2. The van der Waals surface area contributed by atoms with Gasteiger partial charge in [0, 0.05) is 5.75 Å². The van der Waals surface area contributed by atoms with E-state index in [2.05, 4.69) is 9.84 Å². The second-order valence-corrected chi connectivity index (χ2v) is 7.42. The standard InChI is InChI=1S/C16H17ClF2N2O2S/c1-16(2,3)21-14(22)13(17)12(8-20-21)24-9-10-4-6-11(7-5-10)23-15(18)19/h4-8,15H,9H2,1-3H3. The third-order valence-corrected chi connectivity index (χ3v) is 4.64. The zero-order valence-electron chi connectivity index (χ0n) is 13.4. The molecule has 130 valence electrons. The minimum Gasteiger partial charge on any atom is -0.435 e. The van der Waals surface area contributed by atoms with Crippen LogP contribution in [0.3, 0.4) is 0 Å². The molecule has 24 heavy (non-hydrogen) atoms. The lowest BCUT2D eigenvalue weighted by Crippen LogP contribution is -2.36. The molecule has 0 aliphatic rings. The number of halogens is 3. The minimum absolute atomic E-state index is 0.103. The van der Waals surface area contributed by atoms with Crippen molar-refractivity contribution in [3.8, 4) is 5.75 Å². The van der Waals surface area contributed by atoms with Crippen LogP contribution in [0.5, 0.6) is 5.75 Å². The fourth-order valence-electron chi connectivity index (χ4n) is 1.92. The molecular weight excluding hydrogens is 358 g/mol. The van der Waals surface area contributed by atoms with Crippen molar-refractivity contribution >= 4 is 23.4 Å².